The molecule has 0 radical (unpaired) electrons. The molecule has 0 aliphatic carbocycles. The second-order valence-electron chi connectivity index (χ2n) is 4.13. The summed E-state index contributed by atoms with van der Waals surface area (Å²) >= 11 is 2.27. The average molecular weight is 366 g/mol. The summed E-state index contributed by atoms with van der Waals surface area (Å²) in [5.41, 5.74) is 1.17. The quantitative estimate of drug-likeness (QED) is 0.743. The van der Waals surface area contributed by atoms with Gasteiger partial charge in [0.25, 0.3) is 0 Å². The summed E-state index contributed by atoms with van der Waals surface area (Å²) < 4.78 is 25.5. The highest BCUT2D eigenvalue weighted by atomic mass is 127. The highest BCUT2D eigenvalue weighted by molar-refractivity contribution is 14.1. The molecule has 1 heterocycles. The Labute approximate surface area is 116 Å². The van der Waals surface area contributed by atoms with Crippen molar-refractivity contribution in [2.75, 3.05) is 37.3 Å². The number of benzene rings is 1. The van der Waals surface area contributed by atoms with Crippen molar-refractivity contribution in [2.45, 2.75) is 0 Å². The zero-order valence-corrected chi connectivity index (χ0v) is 12.6. The number of nitrogens with zero attached hydrogens (tertiary/aromatic N) is 2. The van der Waals surface area contributed by atoms with Crippen LogP contribution in [0, 0.1) is 3.57 Å². The van der Waals surface area contributed by atoms with Gasteiger partial charge in [-0.05, 0) is 46.9 Å². The second kappa shape index (κ2) is 5.11. The van der Waals surface area contributed by atoms with Crippen LogP contribution in [0.4, 0.5) is 5.69 Å². The van der Waals surface area contributed by atoms with E-state index >= 15 is 0 Å². The van der Waals surface area contributed by atoms with E-state index in [1.807, 2.05) is 0 Å². The van der Waals surface area contributed by atoms with Crippen LogP contribution in [0.5, 0.6) is 0 Å². The largest absolute Gasteiger partial charge is 0.369 e. The second-order valence-corrected chi connectivity index (χ2v) is 7.35. The maximum atomic E-state index is 11.4. The third-order valence-corrected chi connectivity index (χ3v) is 4.92. The van der Waals surface area contributed by atoms with Gasteiger partial charge in [-0.1, -0.05) is 0 Å². The van der Waals surface area contributed by atoms with Gasteiger partial charge in [0.2, 0.25) is 10.0 Å². The molecule has 1 aromatic carbocycles. The van der Waals surface area contributed by atoms with E-state index in [0.717, 1.165) is 13.1 Å². The first-order chi connectivity index (χ1) is 7.97. The van der Waals surface area contributed by atoms with Gasteiger partial charge in [0.05, 0.1) is 6.26 Å². The molecular formula is C11H15IN2O2S. The predicted molar refractivity (Wildman–Crippen MR) is 77.8 cm³/mol. The van der Waals surface area contributed by atoms with E-state index in [-0.39, 0.29) is 0 Å². The lowest BCUT2D eigenvalue weighted by Crippen LogP contribution is -2.48. The number of anilines is 1. The Bertz CT molecular complexity index is 479. The number of piperazine rings is 1. The summed E-state index contributed by atoms with van der Waals surface area (Å²) in [6.07, 6.45) is 1.27. The van der Waals surface area contributed by atoms with E-state index < -0.39 is 10.0 Å². The normalized spacial score (nSPS) is 18.4. The molecule has 17 heavy (non-hydrogen) atoms. The third kappa shape index (κ3) is 3.32. The van der Waals surface area contributed by atoms with Crippen LogP contribution < -0.4 is 4.90 Å². The van der Waals surface area contributed by atoms with Crippen molar-refractivity contribution in [1.29, 1.82) is 0 Å². The van der Waals surface area contributed by atoms with E-state index in [1.54, 1.807) is 0 Å². The van der Waals surface area contributed by atoms with Crippen LogP contribution in [0.15, 0.2) is 24.3 Å². The molecule has 1 aromatic rings. The summed E-state index contributed by atoms with van der Waals surface area (Å²) in [5, 5.41) is 0. The first kappa shape index (κ1) is 13.1. The Morgan fingerprint density at radius 3 is 2.06 bits per heavy atom. The highest BCUT2D eigenvalue weighted by Gasteiger charge is 2.23. The van der Waals surface area contributed by atoms with Gasteiger partial charge in [0, 0.05) is 35.4 Å². The fourth-order valence-electron chi connectivity index (χ4n) is 1.93. The zero-order valence-electron chi connectivity index (χ0n) is 9.63. The molecule has 1 aliphatic heterocycles. The number of sulfonamides is 1. The summed E-state index contributed by atoms with van der Waals surface area (Å²) in [6, 6.07) is 8.30. The van der Waals surface area contributed by atoms with Crippen LogP contribution in [-0.4, -0.2) is 45.2 Å². The van der Waals surface area contributed by atoms with Gasteiger partial charge in [-0.15, -0.1) is 0 Å². The number of hydrogen-bond acceptors (Lipinski definition) is 3. The monoisotopic (exact) mass is 366 g/mol. The van der Waals surface area contributed by atoms with E-state index in [1.165, 1.54) is 19.8 Å². The third-order valence-electron chi connectivity index (χ3n) is 2.90. The van der Waals surface area contributed by atoms with Crippen LogP contribution in [0.2, 0.25) is 0 Å². The Kier molecular flexibility index (Phi) is 3.94. The van der Waals surface area contributed by atoms with E-state index in [2.05, 4.69) is 51.8 Å². The standard InChI is InChI=1S/C11H15IN2O2S/c1-17(15,16)14-8-6-13(7-9-14)11-4-2-10(12)3-5-11/h2-5H,6-9H2,1H3. The maximum absolute atomic E-state index is 11.4. The first-order valence-corrected chi connectivity index (χ1v) is 8.35. The molecule has 1 fully saturated rings. The van der Waals surface area contributed by atoms with Crippen molar-refractivity contribution in [2.24, 2.45) is 0 Å². The summed E-state index contributed by atoms with van der Waals surface area (Å²) in [5.74, 6) is 0. The number of halogens is 1. The van der Waals surface area contributed by atoms with Crippen molar-refractivity contribution in [3.8, 4) is 0 Å². The Hall–Kier alpha value is -0.340. The minimum absolute atomic E-state index is 0.574. The highest BCUT2D eigenvalue weighted by Crippen LogP contribution is 2.18. The van der Waals surface area contributed by atoms with Crippen molar-refractivity contribution in [1.82, 2.24) is 4.31 Å². The van der Waals surface area contributed by atoms with E-state index in [4.69, 9.17) is 0 Å². The van der Waals surface area contributed by atoms with Gasteiger partial charge in [0.15, 0.2) is 0 Å². The van der Waals surface area contributed by atoms with Crippen molar-refractivity contribution in [3.05, 3.63) is 27.8 Å². The van der Waals surface area contributed by atoms with E-state index in [9.17, 15) is 8.42 Å². The fourth-order valence-corrected chi connectivity index (χ4v) is 3.12. The van der Waals surface area contributed by atoms with Crippen LogP contribution in [0.1, 0.15) is 0 Å². The SMILES string of the molecule is CS(=O)(=O)N1CCN(c2ccc(I)cc2)CC1. The van der Waals surface area contributed by atoms with E-state index in [0.29, 0.717) is 13.1 Å². The Balaban J connectivity index is 2.02. The van der Waals surface area contributed by atoms with Crippen molar-refractivity contribution in [3.63, 3.8) is 0 Å². The maximum Gasteiger partial charge on any atom is 0.211 e. The number of hydrogen-bond donors (Lipinski definition) is 0. The van der Waals surface area contributed by atoms with Crippen LogP contribution >= 0.6 is 22.6 Å². The molecule has 4 nitrogen and oxygen atoms in total. The van der Waals surface area contributed by atoms with Crippen LogP contribution in [0.25, 0.3) is 0 Å². The summed E-state index contributed by atoms with van der Waals surface area (Å²) in [6.45, 7) is 2.66. The minimum atomic E-state index is -3.03. The molecular weight excluding hydrogens is 351 g/mol. The van der Waals surface area contributed by atoms with Gasteiger partial charge in [-0.2, -0.15) is 4.31 Å². The molecule has 6 heteroatoms. The molecule has 0 amide bonds. The van der Waals surface area contributed by atoms with Gasteiger partial charge in [-0.3, -0.25) is 0 Å². The van der Waals surface area contributed by atoms with Crippen LogP contribution in [-0.2, 0) is 10.0 Å². The minimum Gasteiger partial charge on any atom is -0.369 e. The smallest absolute Gasteiger partial charge is 0.211 e. The molecule has 0 bridgehead atoms. The summed E-state index contributed by atoms with van der Waals surface area (Å²) in [7, 11) is -3.03. The Morgan fingerprint density at radius 1 is 1.06 bits per heavy atom. The van der Waals surface area contributed by atoms with Gasteiger partial charge in [0.1, 0.15) is 0 Å². The molecule has 0 spiro atoms. The molecule has 0 saturated carbocycles. The Morgan fingerprint density at radius 2 is 1.59 bits per heavy atom. The molecule has 0 N–H and O–H groups in total. The van der Waals surface area contributed by atoms with Crippen molar-refractivity contribution < 1.29 is 8.42 Å². The molecule has 0 atom stereocenters. The van der Waals surface area contributed by atoms with Gasteiger partial charge >= 0.3 is 0 Å². The number of rotatable bonds is 2. The predicted octanol–water partition coefficient (Wildman–Crippen LogP) is 1.37. The molecule has 1 saturated heterocycles. The molecule has 1 aliphatic rings. The average Bonchev–Trinajstić information content (AvgIpc) is 2.29. The molecule has 94 valence electrons. The first-order valence-electron chi connectivity index (χ1n) is 5.42. The topological polar surface area (TPSA) is 40.6 Å². The van der Waals surface area contributed by atoms with Crippen LogP contribution in [0.3, 0.4) is 0 Å². The molecule has 0 aromatic heterocycles. The molecule has 0 unspecified atom stereocenters. The summed E-state index contributed by atoms with van der Waals surface area (Å²) in [4.78, 5) is 2.22. The fraction of sp³-hybridized carbons (Fsp3) is 0.455. The van der Waals surface area contributed by atoms with Gasteiger partial charge in [-0.25, -0.2) is 8.42 Å². The lowest BCUT2D eigenvalue weighted by Gasteiger charge is -2.34. The molecule has 2 rings (SSSR count). The lowest BCUT2D eigenvalue weighted by molar-refractivity contribution is 0.388. The van der Waals surface area contributed by atoms with Crippen molar-refractivity contribution >= 4 is 38.3 Å². The zero-order chi connectivity index (χ0) is 12.5. The van der Waals surface area contributed by atoms with Gasteiger partial charge < -0.3 is 4.90 Å². The lowest BCUT2D eigenvalue weighted by atomic mass is 10.2.